The Hall–Kier alpha value is -2.88. The van der Waals surface area contributed by atoms with E-state index in [-0.39, 0.29) is 30.2 Å². The predicted molar refractivity (Wildman–Crippen MR) is 92.5 cm³/mol. The van der Waals surface area contributed by atoms with E-state index in [4.69, 9.17) is 5.11 Å². The van der Waals surface area contributed by atoms with Gasteiger partial charge in [0.05, 0.1) is 24.1 Å². The maximum absolute atomic E-state index is 12.9. The minimum absolute atomic E-state index is 0.102. The van der Waals surface area contributed by atoms with Crippen molar-refractivity contribution in [3.05, 3.63) is 46.6 Å². The van der Waals surface area contributed by atoms with Gasteiger partial charge in [-0.25, -0.2) is 4.98 Å². The summed E-state index contributed by atoms with van der Waals surface area (Å²) >= 11 is 0. The lowest BCUT2D eigenvalue weighted by Crippen LogP contribution is -2.45. The van der Waals surface area contributed by atoms with E-state index in [9.17, 15) is 27.9 Å². The fourth-order valence-corrected chi connectivity index (χ4v) is 3.29. The number of rotatable bonds is 4. The molecule has 1 saturated heterocycles. The number of alkyl halides is 3. The van der Waals surface area contributed by atoms with Crippen LogP contribution in [0.1, 0.15) is 24.4 Å². The maximum Gasteiger partial charge on any atom is 0.416 e. The lowest BCUT2D eigenvalue weighted by Gasteiger charge is -2.32. The number of aliphatic hydroxyl groups excluding tert-OH is 1. The van der Waals surface area contributed by atoms with Crippen LogP contribution >= 0.6 is 0 Å². The molecule has 1 aliphatic rings. The summed E-state index contributed by atoms with van der Waals surface area (Å²) in [6, 6.07) is 1.49. The minimum atomic E-state index is -4.63. The Bertz CT molecular complexity index is 940. The molecule has 10 heteroatoms. The lowest BCUT2D eigenvalue weighted by atomic mass is 10.0. The molecule has 1 aliphatic heterocycles. The van der Waals surface area contributed by atoms with Crippen LogP contribution in [0.4, 0.5) is 13.2 Å². The largest absolute Gasteiger partial charge is 0.507 e. The standard InChI is InChI=1S/C18H18F3N3O4/c19-18(20,21)11-3-4-12(15(26)8-11)13-9-22-10-24(16(13)27)14-2-1-5-23(6-7-25)17(14)28/h3-4,8-10,14,25-26H,1-2,5-7H2. The predicted octanol–water partition coefficient (Wildman–Crippen LogP) is 1.79. The number of phenolic OH excluding ortho intramolecular Hbond substituents is 1. The summed E-state index contributed by atoms with van der Waals surface area (Å²) in [5.74, 6) is -1.04. The zero-order valence-electron chi connectivity index (χ0n) is 14.7. The molecule has 0 spiro atoms. The number of aromatic nitrogens is 2. The monoisotopic (exact) mass is 397 g/mol. The molecule has 2 heterocycles. The van der Waals surface area contributed by atoms with Gasteiger partial charge < -0.3 is 15.1 Å². The van der Waals surface area contributed by atoms with Gasteiger partial charge >= 0.3 is 6.18 Å². The van der Waals surface area contributed by atoms with Gasteiger partial charge in [-0.3, -0.25) is 14.2 Å². The van der Waals surface area contributed by atoms with E-state index in [1.807, 2.05) is 0 Å². The quantitative estimate of drug-likeness (QED) is 0.820. The number of nitrogens with zero attached hydrogens (tertiary/aromatic N) is 3. The third kappa shape index (κ3) is 3.72. The van der Waals surface area contributed by atoms with Crippen molar-refractivity contribution in [3.63, 3.8) is 0 Å². The zero-order valence-corrected chi connectivity index (χ0v) is 14.7. The van der Waals surface area contributed by atoms with Gasteiger partial charge in [0.25, 0.3) is 5.56 Å². The Morgan fingerprint density at radius 1 is 1.21 bits per heavy atom. The number of aliphatic hydroxyl groups is 1. The van der Waals surface area contributed by atoms with Crippen molar-refractivity contribution in [1.29, 1.82) is 0 Å². The number of carbonyl (C=O) groups excluding carboxylic acids is 1. The molecule has 1 aromatic carbocycles. The van der Waals surface area contributed by atoms with Crippen molar-refractivity contribution in [3.8, 4) is 16.9 Å². The molecule has 0 aliphatic carbocycles. The van der Waals surface area contributed by atoms with E-state index in [0.717, 1.165) is 22.9 Å². The molecule has 28 heavy (non-hydrogen) atoms. The van der Waals surface area contributed by atoms with Crippen LogP contribution in [0.25, 0.3) is 11.1 Å². The Morgan fingerprint density at radius 2 is 1.96 bits per heavy atom. The third-order valence-electron chi connectivity index (χ3n) is 4.68. The van der Waals surface area contributed by atoms with Gasteiger partial charge in [0.1, 0.15) is 11.8 Å². The van der Waals surface area contributed by atoms with Gasteiger partial charge in [0.2, 0.25) is 5.91 Å². The molecule has 0 bridgehead atoms. The highest BCUT2D eigenvalue weighted by Crippen LogP contribution is 2.35. The minimum Gasteiger partial charge on any atom is -0.507 e. The number of carbonyl (C=O) groups is 1. The normalized spacial score (nSPS) is 17.8. The molecule has 7 nitrogen and oxygen atoms in total. The smallest absolute Gasteiger partial charge is 0.416 e. The first-order chi connectivity index (χ1) is 13.2. The summed E-state index contributed by atoms with van der Waals surface area (Å²) in [6.45, 7) is 0.416. The number of hydrogen-bond acceptors (Lipinski definition) is 5. The van der Waals surface area contributed by atoms with Crippen molar-refractivity contribution in [1.82, 2.24) is 14.5 Å². The molecule has 150 valence electrons. The van der Waals surface area contributed by atoms with Crippen LogP contribution in [0.3, 0.4) is 0 Å². The van der Waals surface area contributed by atoms with E-state index in [2.05, 4.69) is 4.98 Å². The second kappa shape index (κ2) is 7.63. The fraction of sp³-hybridized carbons (Fsp3) is 0.389. The second-order valence-electron chi connectivity index (χ2n) is 6.46. The van der Waals surface area contributed by atoms with Gasteiger partial charge in [0.15, 0.2) is 0 Å². The number of amides is 1. The molecule has 2 aromatic rings. The van der Waals surface area contributed by atoms with E-state index in [1.54, 1.807) is 0 Å². The molecule has 0 radical (unpaired) electrons. The topological polar surface area (TPSA) is 95.7 Å². The number of β-amino-alcohol motifs (C(OH)–C–C–N with tert-alkyl or cyclic N) is 1. The summed E-state index contributed by atoms with van der Waals surface area (Å²) in [6.07, 6.45) is -1.28. The molecule has 1 fully saturated rings. The average Bonchev–Trinajstić information content (AvgIpc) is 2.64. The highest BCUT2D eigenvalue weighted by Gasteiger charge is 2.33. The fourth-order valence-electron chi connectivity index (χ4n) is 3.29. The van der Waals surface area contributed by atoms with E-state index < -0.39 is 29.1 Å². The second-order valence-corrected chi connectivity index (χ2v) is 6.46. The number of benzene rings is 1. The van der Waals surface area contributed by atoms with Crippen LogP contribution < -0.4 is 5.56 Å². The molecular weight excluding hydrogens is 379 g/mol. The Morgan fingerprint density at radius 3 is 2.61 bits per heavy atom. The van der Waals surface area contributed by atoms with Crippen LogP contribution in [-0.2, 0) is 11.0 Å². The first-order valence-electron chi connectivity index (χ1n) is 8.60. The number of likely N-dealkylation sites (tertiary alicyclic amines) is 1. The van der Waals surface area contributed by atoms with Crippen molar-refractivity contribution >= 4 is 5.91 Å². The number of aromatic hydroxyl groups is 1. The van der Waals surface area contributed by atoms with E-state index >= 15 is 0 Å². The van der Waals surface area contributed by atoms with Gasteiger partial charge in [-0.1, -0.05) is 0 Å². The van der Waals surface area contributed by atoms with Gasteiger partial charge in [-0.05, 0) is 31.0 Å². The molecular formula is C18H18F3N3O4. The van der Waals surface area contributed by atoms with Crippen LogP contribution in [0.2, 0.25) is 0 Å². The van der Waals surface area contributed by atoms with Gasteiger partial charge in [0, 0.05) is 24.8 Å². The Labute approximate surface area is 157 Å². The van der Waals surface area contributed by atoms with Gasteiger partial charge in [-0.2, -0.15) is 13.2 Å². The van der Waals surface area contributed by atoms with E-state index in [0.29, 0.717) is 25.5 Å². The lowest BCUT2D eigenvalue weighted by molar-refractivity contribution is -0.138. The molecule has 2 N–H and O–H groups in total. The van der Waals surface area contributed by atoms with Crippen LogP contribution in [-0.4, -0.2) is 50.3 Å². The van der Waals surface area contributed by atoms with Crippen molar-refractivity contribution in [2.75, 3.05) is 19.7 Å². The molecule has 1 amide bonds. The van der Waals surface area contributed by atoms with E-state index in [1.165, 1.54) is 11.2 Å². The maximum atomic E-state index is 12.9. The van der Waals surface area contributed by atoms with Gasteiger partial charge in [-0.15, -0.1) is 0 Å². The summed E-state index contributed by atoms with van der Waals surface area (Å²) < 4.78 is 39.5. The molecule has 3 rings (SSSR count). The molecule has 1 aromatic heterocycles. The van der Waals surface area contributed by atoms with Crippen LogP contribution in [0.15, 0.2) is 35.5 Å². The van der Waals surface area contributed by atoms with Crippen LogP contribution in [0, 0.1) is 0 Å². The summed E-state index contributed by atoms with van der Waals surface area (Å²) in [7, 11) is 0. The zero-order chi connectivity index (χ0) is 20.5. The number of halogens is 3. The SMILES string of the molecule is O=C1C(n2cncc(-c3ccc(C(F)(F)F)cc3O)c2=O)CCCN1CCO. The average molecular weight is 397 g/mol. The number of phenols is 1. The van der Waals surface area contributed by atoms with Crippen molar-refractivity contribution in [2.45, 2.75) is 25.1 Å². The first kappa shape index (κ1) is 19.9. The van der Waals surface area contributed by atoms with Crippen molar-refractivity contribution < 1.29 is 28.2 Å². The summed E-state index contributed by atoms with van der Waals surface area (Å²) in [4.78, 5) is 30.8. The molecule has 0 saturated carbocycles. The first-order valence-corrected chi connectivity index (χ1v) is 8.60. The Balaban J connectivity index is 2.01. The number of piperidine rings is 1. The highest BCUT2D eigenvalue weighted by molar-refractivity contribution is 5.81. The Kier molecular flexibility index (Phi) is 5.41. The molecule has 1 atom stereocenters. The number of hydrogen-bond donors (Lipinski definition) is 2. The summed E-state index contributed by atoms with van der Waals surface area (Å²) in [5, 5.41) is 19.1. The highest BCUT2D eigenvalue weighted by atomic mass is 19.4. The third-order valence-corrected chi connectivity index (χ3v) is 4.68. The molecule has 1 unspecified atom stereocenters. The van der Waals surface area contributed by atoms with Crippen LogP contribution in [0.5, 0.6) is 5.75 Å². The summed E-state index contributed by atoms with van der Waals surface area (Å²) in [5.41, 5.74) is -1.90. The van der Waals surface area contributed by atoms with Crippen molar-refractivity contribution in [2.24, 2.45) is 0 Å².